The van der Waals surface area contributed by atoms with Gasteiger partial charge in [-0.2, -0.15) is 9.59 Å². The Kier molecular flexibility index (Phi) is 9.66. The van der Waals surface area contributed by atoms with Crippen molar-refractivity contribution in [2.45, 2.75) is 25.7 Å². The zero-order valence-electron chi connectivity index (χ0n) is 12.1. The van der Waals surface area contributed by atoms with Crippen LogP contribution in [0.3, 0.4) is 0 Å². The van der Waals surface area contributed by atoms with Crippen molar-refractivity contribution in [1.82, 2.24) is 5.32 Å². The van der Waals surface area contributed by atoms with Crippen molar-refractivity contribution >= 4 is 18.2 Å². The smallest absolute Gasteiger partial charge is 0.408 e. The van der Waals surface area contributed by atoms with Crippen LogP contribution in [-0.2, 0) is 30.5 Å². The number of nitrogens with one attached hydrogen (secondary N) is 1. The molecule has 0 saturated carbocycles. The van der Waals surface area contributed by atoms with Gasteiger partial charge in [0, 0.05) is 0 Å². The van der Waals surface area contributed by atoms with E-state index in [4.69, 9.17) is 14.3 Å². The topological polar surface area (TPSA) is 119 Å². The molecule has 1 aromatic rings. The van der Waals surface area contributed by atoms with Crippen LogP contribution in [-0.4, -0.2) is 42.6 Å². The summed E-state index contributed by atoms with van der Waals surface area (Å²) in [6.45, 7) is 1.46. The molecule has 0 bridgehead atoms. The number of methoxy groups -OCH3 is 1. The van der Waals surface area contributed by atoms with E-state index in [0.717, 1.165) is 5.56 Å². The summed E-state index contributed by atoms with van der Waals surface area (Å²) in [5, 5.41) is 11.6. The molecule has 0 heterocycles. The van der Waals surface area contributed by atoms with E-state index in [-0.39, 0.29) is 12.8 Å². The molecule has 120 valence electrons. The van der Waals surface area contributed by atoms with E-state index < -0.39 is 24.2 Å². The first-order chi connectivity index (χ1) is 10.5. The molecule has 22 heavy (non-hydrogen) atoms. The lowest BCUT2D eigenvalue weighted by atomic mass is 10.2. The van der Waals surface area contributed by atoms with Crippen molar-refractivity contribution in [3.05, 3.63) is 35.9 Å². The molecule has 1 amide bonds. The Morgan fingerprint density at radius 3 is 2.27 bits per heavy atom. The van der Waals surface area contributed by atoms with Gasteiger partial charge in [-0.25, -0.2) is 9.59 Å². The average molecular weight is 311 g/mol. The molecule has 0 radical (unpaired) electrons. The Labute approximate surface area is 127 Å². The number of carbonyl (C=O) groups is 2. The largest absolute Gasteiger partial charge is 0.467 e. The van der Waals surface area contributed by atoms with Crippen molar-refractivity contribution in [1.29, 1.82) is 0 Å². The summed E-state index contributed by atoms with van der Waals surface area (Å²) in [5.74, 6) is -0.730. The van der Waals surface area contributed by atoms with Gasteiger partial charge < -0.3 is 19.9 Å². The van der Waals surface area contributed by atoms with Crippen molar-refractivity contribution in [3.63, 3.8) is 0 Å². The van der Waals surface area contributed by atoms with E-state index >= 15 is 0 Å². The van der Waals surface area contributed by atoms with Gasteiger partial charge in [-0.1, -0.05) is 30.3 Å². The third-order valence-electron chi connectivity index (χ3n) is 2.42. The highest BCUT2D eigenvalue weighted by molar-refractivity contribution is 5.81. The molecule has 8 nitrogen and oxygen atoms in total. The average Bonchev–Trinajstić information content (AvgIpc) is 2.51. The molecule has 0 aliphatic carbocycles. The number of aliphatic hydroxyl groups is 1. The van der Waals surface area contributed by atoms with Crippen LogP contribution >= 0.6 is 0 Å². The normalized spacial score (nSPS) is 11.8. The van der Waals surface area contributed by atoms with Crippen LogP contribution in [0.2, 0.25) is 0 Å². The standard InChI is InChI=1S/C13H17NO5.CO2/c1-9(15)11(12(16)18-2)14-13(17)19-8-10-6-4-3-5-7-10;2-1-3/h3-7,9,11,15H,8H2,1-2H3,(H,14,17);/t9-,11+;/m0./s1. The highest BCUT2D eigenvalue weighted by atomic mass is 16.6. The van der Waals surface area contributed by atoms with Crippen LogP contribution in [0, 0.1) is 0 Å². The molecule has 1 aromatic carbocycles. The maximum absolute atomic E-state index is 11.5. The molecule has 0 saturated heterocycles. The van der Waals surface area contributed by atoms with E-state index in [9.17, 15) is 14.7 Å². The summed E-state index contributed by atoms with van der Waals surface area (Å²) in [4.78, 5) is 39.1. The summed E-state index contributed by atoms with van der Waals surface area (Å²) in [6.07, 6.45) is -1.61. The van der Waals surface area contributed by atoms with Crippen molar-refractivity contribution < 1.29 is 33.8 Å². The molecule has 0 aliphatic rings. The summed E-state index contributed by atoms with van der Waals surface area (Å²) >= 11 is 0. The van der Waals surface area contributed by atoms with Crippen LogP contribution in [0.1, 0.15) is 12.5 Å². The predicted molar refractivity (Wildman–Crippen MR) is 72.3 cm³/mol. The van der Waals surface area contributed by atoms with Crippen molar-refractivity contribution in [2.75, 3.05) is 7.11 Å². The highest BCUT2D eigenvalue weighted by Gasteiger charge is 2.26. The van der Waals surface area contributed by atoms with Gasteiger partial charge in [0.25, 0.3) is 0 Å². The third-order valence-corrected chi connectivity index (χ3v) is 2.42. The number of carbonyl (C=O) groups excluding carboxylic acids is 4. The molecule has 0 aliphatic heterocycles. The van der Waals surface area contributed by atoms with Crippen LogP contribution < -0.4 is 5.32 Å². The minimum Gasteiger partial charge on any atom is -0.467 e. The first-order valence-electron chi connectivity index (χ1n) is 6.18. The van der Waals surface area contributed by atoms with Crippen LogP contribution in [0.15, 0.2) is 30.3 Å². The van der Waals surface area contributed by atoms with E-state index in [1.165, 1.54) is 14.0 Å². The monoisotopic (exact) mass is 311 g/mol. The lowest BCUT2D eigenvalue weighted by Crippen LogP contribution is -2.48. The second-order valence-corrected chi connectivity index (χ2v) is 4.03. The van der Waals surface area contributed by atoms with E-state index in [0.29, 0.717) is 0 Å². The first-order valence-corrected chi connectivity index (χ1v) is 6.18. The lowest BCUT2D eigenvalue weighted by Gasteiger charge is -2.18. The number of amides is 1. The molecule has 8 heteroatoms. The molecule has 0 unspecified atom stereocenters. The van der Waals surface area contributed by atoms with Crippen LogP contribution in [0.25, 0.3) is 0 Å². The maximum atomic E-state index is 11.5. The van der Waals surface area contributed by atoms with E-state index in [1.807, 2.05) is 18.2 Å². The fourth-order valence-corrected chi connectivity index (χ4v) is 1.40. The minimum atomic E-state index is -1.15. The Morgan fingerprint density at radius 2 is 1.82 bits per heavy atom. The molecule has 2 N–H and O–H groups in total. The molecule has 2 atom stereocenters. The third kappa shape index (κ3) is 7.78. The van der Waals surface area contributed by atoms with Gasteiger partial charge in [0.05, 0.1) is 13.2 Å². The molecule has 1 rings (SSSR count). The fourth-order valence-electron chi connectivity index (χ4n) is 1.40. The number of alkyl carbamates (subject to hydrolysis) is 1. The summed E-state index contributed by atoms with van der Waals surface area (Å²) in [7, 11) is 1.18. The zero-order chi connectivity index (χ0) is 17.0. The highest BCUT2D eigenvalue weighted by Crippen LogP contribution is 2.02. The van der Waals surface area contributed by atoms with Gasteiger partial charge >= 0.3 is 18.2 Å². The number of hydrogen-bond acceptors (Lipinski definition) is 7. The lowest BCUT2D eigenvalue weighted by molar-refractivity contribution is -0.191. The number of hydrogen-bond donors (Lipinski definition) is 2. The Balaban J connectivity index is 0.00000135. The zero-order valence-corrected chi connectivity index (χ0v) is 12.1. The predicted octanol–water partition coefficient (Wildman–Crippen LogP) is 0.252. The van der Waals surface area contributed by atoms with Gasteiger partial charge in [0.2, 0.25) is 0 Å². The number of ether oxygens (including phenoxy) is 2. The van der Waals surface area contributed by atoms with E-state index in [2.05, 4.69) is 10.1 Å². The quantitative estimate of drug-likeness (QED) is 0.748. The minimum absolute atomic E-state index is 0.0837. The van der Waals surface area contributed by atoms with Gasteiger partial charge in [0.1, 0.15) is 6.61 Å². The molecular formula is C14H17NO7. The van der Waals surface area contributed by atoms with Crippen molar-refractivity contribution in [3.8, 4) is 0 Å². The number of aliphatic hydroxyl groups excluding tert-OH is 1. The molecule has 0 aromatic heterocycles. The number of benzene rings is 1. The molecule has 0 fully saturated rings. The second-order valence-electron chi connectivity index (χ2n) is 4.03. The second kappa shape index (κ2) is 11.0. The summed E-state index contributed by atoms with van der Waals surface area (Å²) in [6, 6.07) is 7.96. The van der Waals surface area contributed by atoms with Crippen LogP contribution in [0.4, 0.5) is 4.79 Å². The Morgan fingerprint density at radius 1 is 1.27 bits per heavy atom. The maximum Gasteiger partial charge on any atom is 0.408 e. The first kappa shape index (κ1) is 19.3. The molecule has 0 spiro atoms. The van der Waals surface area contributed by atoms with Gasteiger partial charge in [-0.05, 0) is 12.5 Å². The summed E-state index contributed by atoms with van der Waals surface area (Å²) < 4.78 is 9.40. The van der Waals surface area contributed by atoms with Gasteiger partial charge in [-0.3, -0.25) is 0 Å². The van der Waals surface area contributed by atoms with Crippen LogP contribution in [0.5, 0.6) is 0 Å². The van der Waals surface area contributed by atoms with E-state index in [1.54, 1.807) is 12.1 Å². The Bertz CT molecular complexity index is 495. The van der Waals surface area contributed by atoms with Crippen molar-refractivity contribution in [2.24, 2.45) is 0 Å². The summed E-state index contributed by atoms with van der Waals surface area (Å²) in [5.41, 5.74) is 0.823. The SMILES string of the molecule is COC(=O)[C@H](NC(=O)OCc1ccccc1)[C@H](C)O.O=C=O. The van der Waals surface area contributed by atoms with Gasteiger partial charge in [-0.15, -0.1) is 0 Å². The van der Waals surface area contributed by atoms with Gasteiger partial charge in [0.15, 0.2) is 6.04 Å². The Hall–Kier alpha value is -2.70. The number of esters is 1. The number of rotatable bonds is 5. The molecular weight excluding hydrogens is 294 g/mol. The fraction of sp³-hybridized carbons (Fsp3) is 0.357.